The van der Waals surface area contributed by atoms with Gasteiger partial charge >= 0.3 is 0 Å². The molecule has 1 aliphatic rings. The topological polar surface area (TPSA) is 63.2 Å². The monoisotopic (exact) mass is 261 g/mol. The molecule has 1 N–H and O–H groups in total. The van der Waals surface area contributed by atoms with E-state index in [0.29, 0.717) is 22.6 Å². The summed E-state index contributed by atoms with van der Waals surface area (Å²) in [6.07, 6.45) is 3.56. The Hall–Kier alpha value is -1.88. The Labute approximate surface area is 108 Å². The van der Waals surface area contributed by atoms with Gasteiger partial charge in [-0.25, -0.2) is 0 Å². The van der Waals surface area contributed by atoms with Gasteiger partial charge in [0.2, 0.25) is 0 Å². The molecule has 2 rings (SSSR count). The van der Waals surface area contributed by atoms with Crippen molar-refractivity contribution in [3.8, 4) is 0 Å². The van der Waals surface area contributed by atoms with Crippen LogP contribution in [0.5, 0.6) is 0 Å². The molecule has 0 saturated heterocycles. The summed E-state index contributed by atoms with van der Waals surface area (Å²) in [7, 11) is 0. The lowest BCUT2D eigenvalue weighted by molar-refractivity contribution is -0.112. The minimum atomic E-state index is -0.594. The van der Waals surface area contributed by atoms with Crippen LogP contribution in [0.1, 0.15) is 22.8 Å². The zero-order valence-corrected chi connectivity index (χ0v) is 10.5. The van der Waals surface area contributed by atoms with Crippen molar-refractivity contribution in [3.05, 3.63) is 35.4 Å². The van der Waals surface area contributed by atoms with Crippen LogP contribution in [0.3, 0.4) is 0 Å². The fourth-order valence-electron chi connectivity index (χ4n) is 1.70. The molecule has 0 atom stereocenters. The van der Waals surface area contributed by atoms with Gasteiger partial charge in [0.25, 0.3) is 11.7 Å². The average Bonchev–Trinajstić information content (AvgIpc) is 2.61. The van der Waals surface area contributed by atoms with Crippen LogP contribution < -0.4 is 5.32 Å². The molecule has 0 aromatic heterocycles. The number of amides is 1. The minimum absolute atomic E-state index is 0.0471. The Morgan fingerprint density at radius 1 is 1.39 bits per heavy atom. The summed E-state index contributed by atoms with van der Waals surface area (Å²) >= 11 is 1.19. The van der Waals surface area contributed by atoms with Gasteiger partial charge in [0, 0.05) is 12.7 Å². The maximum atomic E-state index is 11.7. The molecule has 0 saturated carbocycles. The Balaban J connectivity index is 2.21. The van der Waals surface area contributed by atoms with E-state index in [1.54, 1.807) is 30.4 Å². The van der Waals surface area contributed by atoms with Crippen molar-refractivity contribution in [2.75, 3.05) is 11.1 Å². The molecule has 0 fully saturated rings. The highest BCUT2D eigenvalue weighted by molar-refractivity contribution is 8.13. The molecule has 1 aromatic rings. The predicted octanol–water partition coefficient (Wildman–Crippen LogP) is 2.11. The van der Waals surface area contributed by atoms with Crippen molar-refractivity contribution in [3.63, 3.8) is 0 Å². The lowest BCUT2D eigenvalue weighted by Crippen LogP contribution is -2.12. The zero-order valence-electron chi connectivity index (χ0n) is 9.73. The van der Waals surface area contributed by atoms with E-state index in [4.69, 9.17) is 0 Å². The number of carbonyl (C=O) groups excluding carboxylic acids is 3. The van der Waals surface area contributed by atoms with Gasteiger partial charge in [0.1, 0.15) is 0 Å². The highest BCUT2D eigenvalue weighted by Crippen LogP contribution is 2.27. The molecule has 1 aromatic carbocycles. The van der Waals surface area contributed by atoms with E-state index in [9.17, 15) is 14.4 Å². The second-order valence-corrected chi connectivity index (χ2v) is 4.95. The average molecular weight is 261 g/mol. The van der Waals surface area contributed by atoms with Gasteiger partial charge in [-0.05, 0) is 11.6 Å². The fraction of sp³-hybridized carbons (Fsp3) is 0.154. The number of anilines is 1. The van der Waals surface area contributed by atoms with Gasteiger partial charge in [-0.1, -0.05) is 36.0 Å². The summed E-state index contributed by atoms with van der Waals surface area (Å²) in [5, 5.41) is 2.56. The van der Waals surface area contributed by atoms with E-state index in [0.717, 1.165) is 0 Å². The summed E-state index contributed by atoms with van der Waals surface area (Å²) in [4.78, 5) is 33.7. The van der Waals surface area contributed by atoms with Crippen LogP contribution in [0.15, 0.2) is 24.3 Å². The number of hydrogen-bond acceptors (Lipinski definition) is 4. The standard InChI is InChI=1S/C13H11NO3S/c1-8(15)18-7-3-5-9-4-2-6-10-11(9)12(16)13(17)14-10/h2-6H,7H2,1H3,(H,14,16,17). The van der Waals surface area contributed by atoms with E-state index < -0.39 is 11.7 Å². The summed E-state index contributed by atoms with van der Waals surface area (Å²) in [6.45, 7) is 1.50. The van der Waals surface area contributed by atoms with Crippen molar-refractivity contribution in [1.29, 1.82) is 0 Å². The molecule has 92 valence electrons. The predicted molar refractivity (Wildman–Crippen MR) is 71.6 cm³/mol. The van der Waals surface area contributed by atoms with Gasteiger partial charge in [0.15, 0.2) is 5.12 Å². The first-order valence-corrected chi connectivity index (χ1v) is 6.37. The molecule has 0 aliphatic carbocycles. The van der Waals surface area contributed by atoms with E-state index in [1.165, 1.54) is 18.7 Å². The Bertz CT molecular complexity index is 563. The molecular formula is C13H11NO3S. The van der Waals surface area contributed by atoms with Crippen LogP contribution in [0.25, 0.3) is 6.08 Å². The minimum Gasteiger partial charge on any atom is -0.318 e. The SMILES string of the molecule is CC(=O)SCC=Cc1cccc2c1C(=O)C(=O)N2. The summed E-state index contributed by atoms with van der Waals surface area (Å²) < 4.78 is 0. The number of Topliss-reactive ketones (excluding diaryl/α,β-unsaturated/α-hetero) is 1. The van der Waals surface area contributed by atoms with Crippen LogP contribution in [0.2, 0.25) is 0 Å². The van der Waals surface area contributed by atoms with Gasteiger partial charge in [-0.3, -0.25) is 14.4 Å². The number of rotatable bonds is 3. The number of thioether (sulfide) groups is 1. The first-order chi connectivity index (χ1) is 8.59. The lowest BCUT2D eigenvalue weighted by atomic mass is 10.0. The third-order valence-electron chi connectivity index (χ3n) is 2.46. The first-order valence-electron chi connectivity index (χ1n) is 5.38. The van der Waals surface area contributed by atoms with Gasteiger partial charge in [-0.15, -0.1) is 0 Å². The highest BCUT2D eigenvalue weighted by atomic mass is 32.2. The second-order valence-electron chi connectivity index (χ2n) is 3.76. The van der Waals surface area contributed by atoms with E-state index in [2.05, 4.69) is 5.32 Å². The fourth-order valence-corrected chi connectivity index (χ4v) is 2.13. The number of ketones is 1. The van der Waals surface area contributed by atoms with Crippen LogP contribution >= 0.6 is 11.8 Å². The Morgan fingerprint density at radius 2 is 2.17 bits per heavy atom. The zero-order chi connectivity index (χ0) is 13.1. The third kappa shape index (κ3) is 2.51. The van der Waals surface area contributed by atoms with Crippen LogP contribution in [-0.2, 0) is 9.59 Å². The summed E-state index contributed by atoms with van der Waals surface area (Å²) in [5.41, 5.74) is 1.65. The Kier molecular flexibility index (Phi) is 3.62. The molecule has 0 radical (unpaired) electrons. The lowest BCUT2D eigenvalue weighted by Gasteiger charge is -2.00. The molecule has 18 heavy (non-hydrogen) atoms. The first kappa shape index (κ1) is 12.6. The number of fused-ring (bicyclic) bond motifs is 1. The van der Waals surface area contributed by atoms with E-state index >= 15 is 0 Å². The maximum absolute atomic E-state index is 11.7. The van der Waals surface area contributed by atoms with Crippen molar-refractivity contribution in [2.45, 2.75) is 6.92 Å². The van der Waals surface area contributed by atoms with E-state index in [-0.39, 0.29) is 5.12 Å². The Morgan fingerprint density at radius 3 is 2.89 bits per heavy atom. The normalized spacial score (nSPS) is 13.8. The molecule has 1 aliphatic heterocycles. The molecule has 0 unspecified atom stereocenters. The summed E-state index contributed by atoms with van der Waals surface area (Å²) in [6, 6.07) is 5.24. The van der Waals surface area contributed by atoms with Gasteiger partial charge in [-0.2, -0.15) is 0 Å². The number of carbonyl (C=O) groups is 3. The molecule has 5 heteroatoms. The molecule has 0 bridgehead atoms. The summed E-state index contributed by atoms with van der Waals surface area (Å²) in [5.74, 6) is -0.553. The highest BCUT2D eigenvalue weighted by Gasteiger charge is 2.29. The van der Waals surface area contributed by atoms with Crippen LogP contribution in [-0.4, -0.2) is 22.6 Å². The smallest absolute Gasteiger partial charge is 0.296 e. The number of hydrogen-bond donors (Lipinski definition) is 1. The molecule has 0 spiro atoms. The van der Waals surface area contributed by atoms with Crippen molar-refractivity contribution < 1.29 is 14.4 Å². The van der Waals surface area contributed by atoms with Crippen molar-refractivity contribution in [2.24, 2.45) is 0 Å². The van der Waals surface area contributed by atoms with Crippen molar-refractivity contribution in [1.82, 2.24) is 0 Å². The number of nitrogens with one attached hydrogen (secondary N) is 1. The second kappa shape index (κ2) is 5.18. The molecule has 1 heterocycles. The largest absolute Gasteiger partial charge is 0.318 e. The van der Waals surface area contributed by atoms with Gasteiger partial charge < -0.3 is 5.32 Å². The molecule has 1 amide bonds. The van der Waals surface area contributed by atoms with Gasteiger partial charge in [0.05, 0.1) is 11.3 Å². The molecule has 4 nitrogen and oxygen atoms in total. The quantitative estimate of drug-likeness (QED) is 0.846. The maximum Gasteiger partial charge on any atom is 0.296 e. The molecular weight excluding hydrogens is 250 g/mol. The third-order valence-corrected chi connectivity index (χ3v) is 3.22. The van der Waals surface area contributed by atoms with Crippen LogP contribution in [0, 0.1) is 0 Å². The number of benzene rings is 1. The van der Waals surface area contributed by atoms with Crippen molar-refractivity contribution >= 4 is 40.3 Å². The van der Waals surface area contributed by atoms with Crippen LogP contribution in [0.4, 0.5) is 5.69 Å². The van der Waals surface area contributed by atoms with E-state index in [1.807, 2.05) is 0 Å².